The lowest BCUT2D eigenvalue weighted by Gasteiger charge is -2.01. The fourth-order valence-corrected chi connectivity index (χ4v) is 2.10. The molecule has 2 N–H and O–H groups in total. The molecule has 0 saturated carbocycles. The van der Waals surface area contributed by atoms with Crippen LogP contribution < -0.4 is 5.73 Å². The van der Waals surface area contributed by atoms with Crippen LogP contribution >= 0.6 is 15.9 Å². The lowest BCUT2D eigenvalue weighted by Crippen LogP contribution is -2.04. The number of halogens is 1. The number of hydrogen-bond donors (Lipinski definition) is 1. The highest BCUT2D eigenvalue weighted by atomic mass is 79.9. The Balaban J connectivity index is 2.26. The monoisotopic (exact) mass is 289 g/mol. The number of nitrogens with zero attached hydrogens (tertiary/aromatic N) is 4. The first kappa shape index (κ1) is 10.2. The average Bonchev–Trinajstić information content (AvgIpc) is 2.75. The Hall–Kier alpha value is -1.95. The minimum absolute atomic E-state index is 0.358. The highest BCUT2D eigenvalue weighted by Gasteiger charge is 2.08. The Morgan fingerprint density at radius 2 is 2.00 bits per heavy atom. The summed E-state index contributed by atoms with van der Waals surface area (Å²) in [5.41, 5.74) is 6.64. The van der Waals surface area contributed by atoms with Crippen LogP contribution in [0.25, 0.3) is 16.7 Å². The highest BCUT2D eigenvalue weighted by Crippen LogP contribution is 2.23. The first-order chi connectivity index (χ1) is 8.25. The maximum Gasteiger partial charge on any atom is 0.196 e. The Morgan fingerprint density at radius 1 is 1.18 bits per heavy atom. The zero-order chi connectivity index (χ0) is 11.8. The van der Waals surface area contributed by atoms with Gasteiger partial charge in [-0.15, -0.1) is 0 Å². The van der Waals surface area contributed by atoms with Crippen LogP contribution in [0.2, 0.25) is 0 Å². The van der Waals surface area contributed by atoms with Gasteiger partial charge in [-0.25, -0.2) is 14.6 Å². The molecule has 6 heteroatoms. The van der Waals surface area contributed by atoms with E-state index in [4.69, 9.17) is 5.73 Å². The first-order valence-corrected chi connectivity index (χ1v) is 5.76. The minimum Gasteiger partial charge on any atom is -0.381 e. The number of nitrogen functional groups attached to an aromatic ring is 1. The van der Waals surface area contributed by atoms with Crippen molar-refractivity contribution in [1.82, 2.24) is 19.7 Å². The molecule has 0 spiro atoms. The summed E-state index contributed by atoms with van der Waals surface area (Å²) < 4.78 is 2.58. The third kappa shape index (κ3) is 1.66. The van der Waals surface area contributed by atoms with Gasteiger partial charge in [-0.2, -0.15) is 5.10 Å². The SMILES string of the molecule is Nc1nccnc1-n1cc2cccc(Br)c2n1. The molecule has 0 radical (unpaired) electrons. The van der Waals surface area contributed by atoms with Crippen LogP contribution in [-0.2, 0) is 0 Å². The second kappa shape index (κ2) is 3.81. The van der Waals surface area contributed by atoms with Crippen molar-refractivity contribution in [2.24, 2.45) is 0 Å². The van der Waals surface area contributed by atoms with E-state index in [0.717, 1.165) is 15.4 Å². The van der Waals surface area contributed by atoms with E-state index in [-0.39, 0.29) is 0 Å². The molecule has 0 unspecified atom stereocenters. The Morgan fingerprint density at radius 3 is 2.76 bits per heavy atom. The molecule has 0 aliphatic rings. The molecule has 17 heavy (non-hydrogen) atoms. The van der Waals surface area contributed by atoms with Crippen LogP contribution in [0, 0.1) is 0 Å². The van der Waals surface area contributed by atoms with E-state index in [1.165, 1.54) is 0 Å². The van der Waals surface area contributed by atoms with Gasteiger partial charge in [0.1, 0.15) is 5.52 Å². The first-order valence-electron chi connectivity index (χ1n) is 4.96. The molecule has 2 heterocycles. The fraction of sp³-hybridized carbons (Fsp3) is 0. The molecule has 2 aromatic heterocycles. The molecule has 5 nitrogen and oxygen atoms in total. The normalized spacial score (nSPS) is 10.9. The van der Waals surface area contributed by atoms with Crippen molar-refractivity contribution in [2.75, 3.05) is 5.73 Å². The standard InChI is InChI=1S/C11H8BrN5/c12-8-3-1-2-7-6-17(16-9(7)8)11-10(13)14-4-5-15-11/h1-6H,(H2,13,14). The predicted octanol–water partition coefficient (Wildman–Crippen LogP) is 2.16. The topological polar surface area (TPSA) is 69.6 Å². The molecule has 3 rings (SSSR count). The number of benzene rings is 1. The van der Waals surface area contributed by atoms with Gasteiger partial charge in [0.2, 0.25) is 0 Å². The molecule has 0 aliphatic carbocycles. The van der Waals surface area contributed by atoms with Gasteiger partial charge < -0.3 is 5.73 Å². The van der Waals surface area contributed by atoms with Crippen molar-refractivity contribution in [3.63, 3.8) is 0 Å². The second-order valence-corrected chi connectivity index (χ2v) is 4.37. The second-order valence-electron chi connectivity index (χ2n) is 3.52. The number of nitrogens with two attached hydrogens (primary N) is 1. The molecule has 0 bridgehead atoms. The van der Waals surface area contributed by atoms with Crippen LogP contribution in [0.4, 0.5) is 5.82 Å². The van der Waals surface area contributed by atoms with Gasteiger partial charge in [0, 0.05) is 28.4 Å². The van der Waals surface area contributed by atoms with Crippen molar-refractivity contribution >= 4 is 32.7 Å². The van der Waals surface area contributed by atoms with E-state index in [1.807, 2.05) is 24.4 Å². The smallest absolute Gasteiger partial charge is 0.196 e. The zero-order valence-corrected chi connectivity index (χ0v) is 10.3. The molecular formula is C11H8BrN5. The number of fused-ring (bicyclic) bond motifs is 1. The Labute approximate surface area is 105 Å². The van der Waals surface area contributed by atoms with Gasteiger partial charge in [-0.1, -0.05) is 12.1 Å². The van der Waals surface area contributed by atoms with E-state index in [2.05, 4.69) is 31.0 Å². The highest BCUT2D eigenvalue weighted by molar-refractivity contribution is 9.10. The molecule has 0 atom stereocenters. The molecule has 0 amide bonds. The van der Waals surface area contributed by atoms with E-state index < -0.39 is 0 Å². The quantitative estimate of drug-likeness (QED) is 0.745. The Bertz CT molecular complexity index is 691. The van der Waals surface area contributed by atoms with E-state index in [0.29, 0.717) is 11.6 Å². The van der Waals surface area contributed by atoms with Crippen molar-refractivity contribution < 1.29 is 0 Å². The molecule has 0 saturated heterocycles. The Kier molecular flexibility index (Phi) is 2.29. The minimum atomic E-state index is 0.358. The van der Waals surface area contributed by atoms with Crippen LogP contribution in [-0.4, -0.2) is 19.7 Å². The maximum atomic E-state index is 5.77. The van der Waals surface area contributed by atoms with Crippen LogP contribution in [0.5, 0.6) is 0 Å². The summed E-state index contributed by atoms with van der Waals surface area (Å²) >= 11 is 3.46. The largest absolute Gasteiger partial charge is 0.381 e. The third-order valence-corrected chi connectivity index (χ3v) is 3.05. The number of anilines is 1. The third-order valence-electron chi connectivity index (χ3n) is 2.41. The van der Waals surface area contributed by atoms with Crippen molar-refractivity contribution in [2.45, 2.75) is 0 Å². The molecule has 1 aromatic carbocycles. The lowest BCUT2D eigenvalue weighted by atomic mass is 10.3. The molecule has 84 valence electrons. The maximum absolute atomic E-state index is 5.77. The van der Waals surface area contributed by atoms with Gasteiger partial charge in [-0.05, 0) is 22.0 Å². The van der Waals surface area contributed by atoms with E-state index in [9.17, 15) is 0 Å². The van der Waals surface area contributed by atoms with Gasteiger partial charge in [0.15, 0.2) is 11.6 Å². The van der Waals surface area contributed by atoms with Gasteiger partial charge in [0.25, 0.3) is 0 Å². The van der Waals surface area contributed by atoms with Crippen molar-refractivity contribution in [3.8, 4) is 5.82 Å². The van der Waals surface area contributed by atoms with Gasteiger partial charge in [0.05, 0.1) is 0 Å². The van der Waals surface area contributed by atoms with Crippen LogP contribution in [0.3, 0.4) is 0 Å². The molecular weight excluding hydrogens is 282 g/mol. The van der Waals surface area contributed by atoms with Crippen molar-refractivity contribution in [1.29, 1.82) is 0 Å². The summed E-state index contributed by atoms with van der Waals surface area (Å²) in [7, 11) is 0. The molecule has 0 aliphatic heterocycles. The van der Waals surface area contributed by atoms with E-state index in [1.54, 1.807) is 17.1 Å². The van der Waals surface area contributed by atoms with E-state index >= 15 is 0 Å². The van der Waals surface area contributed by atoms with Gasteiger partial charge >= 0.3 is 0 Å². The summed E-state index contributed by atoms with van der Waals surface area (Å²) in [4.78, 5) is 8.16. The fourth-order valence-electron chi connectivity index (χ4n) is 1.64. The molecule has 0 fully saturated rings. The summed E-state index contributed by atoms with van der Waals surface area (Å²) in [6.45, 7) is 0. The summed E-state index contributed by atoms with van der Waals surface area (Å²) in [5.74, 6) is 0.895. The predicted molar refractivity (Wildman–Crippen MR) is 68.8 cm³/mol. The average molecular weight is 290 g/mol. The zero-order valence-electron chi connectivity index (χ0n) is 8.71. The lowest BCUT2D eigenvalue weighted by molar-refractivity contribution is 0.854. The summed E-state index contributed by atoms with van der Waals surface area (Å²) in [6, 6.07) is 5.88. The van der Waals surface area contributed by atoms with Gasteiger partial charge in [-0.3, -0.25) is 0 Å². The van der Waals surface area contributed by atoms with Crippen molar-refractivity contribution in [3.05, 3.63) is 41.3 Å². The summed E-state index contributed by atoms with van der Waals surface area (Å²) in [6.07, 6.45) is 5.02. The van der Waals surface area contributed by atoms with Crippen LogP contribution in [0.1, 0.15) is 0 Å². The number of rotatable bonds is 1. The number of hydrogen-bond acceptors (Lipinski definition) is 4. The molecule has 3 aromatic rings. The van der Waals surface area contributed by atoms with Crippen LogP contribution in [0.15, 0.2) is 41.3 Å². The number of aromatic nitrogens is 4. The summed E-state index contributed by atoms with van der Waals surface area (Å²) in [5, 5.41) is 5.45.